The number of nitrogens with one attached hydrogen (secondary N) is 1. The predicted molar refractivity (Wildman–Crippen MR) is 74.0 cm³/mol. The van der Waals surface area contributed by atoms with Crippen molar-refractivity contribution in [3.05, 3.63) is 23.2 Å². The average molecular weight is 257 g/mol. The minimum absolute atomic E-state index is 0.437. The summed E-state index contributed by atoms with van der Waals surface area (Å²) >= 11 is 0. The molecule has 0 aromatic carbocycles. The Morgan fingerprint density at radius 2 is 1.74 bits per heavy atom. The van der Waals surface area contributed by atoms with Crippen molar-refractivity contribution in [1.29, 1.82) is 0 Å². The first-order valence-electron chi connectivity index (χ1n) is 8.13. The van der Waals surface area contributed by atoms with Crippen LogP contribution in [0.5, 0.6) is 0 Å². The topological polar surface area (TPSA) is 25.2 Å². The van der Waals surface area contributed by atoms with Crippen LogP contribution in [0.3, 0.4) is 0 Å². The zero-order valence-electron chi connectivity index (χ0n) is 11.6. The highest BCUT2D eigenvalue weighted by Crippen LogP contribution is 2.61. The van der Waals surface area contributed by atoms with Crippen LogP contribution in [0, 0.1) is 17.8 Å². The first-order chi connectivity index (χ1) is 9.31. The van der Waals surface area contributed by atoms with Gasteiger partial charge in [-0.2, -0.15) is 0 Å². The summed E-state index contributed by atoms with van der Waals surface area (Å²) in [6.45, 7) is 2.06. The minimum atomic E-state index is 0.437. The Labute approximate surface area is 114 Å². The van der Waals surface area contributed by atoms with Gasteiger partial charge in [0.25, 0.3) is 0 Å². The van der Waals surface area contributed by atoms with Crippen LogP contribution in [-0.2, 0) is 18.4 Å². The zero-order chi connectivity index (χ0) is 12.4. The maximum atomic E-state index is 6.33. The van der Waals surface area contributed by atoms with Crippen LogP contribution in [0.2, 0.25) is 0 Å². The summed E-state index contributed by atoms with van der Waals surface area (Å²) in [5.74, 6) is 5.61. The fraction of sp³-hybridized carbons (Fsp3) is 0.765. The van der Waals surface area contributed by atoms with E-state index in [-0.39, 0.29) is 0 Å². The maximum Gasteiger partial charge on any atom is 0.121 e. The third-order valence-electron chi connectivity index (χ3n) is 6.31. The highest BCUT2D eigenvalue weighted by Gasteiger charge is 2.53. The van der Waals surface area contributed by atoms with Crippen molar-refractivity contribution >= 4 is 0 Å². The van der Waals surface area contributed by atoms with E-state index >= 15 is 0 Å². The van der Waals surface area contributed by atoms with E-state index in [0.717, 1.165) is 37.3 Å². The lowest BCUT2D eigenvalue weighted by Gasteiger charge is -2.55. The monoisotopic (exact) mass is 257 g/mol. The van der Waals surface area contributed by atoms with Gasteiger partial charge < -0.3 is 9.73 Å². The van der Waals surface area contributed by atoms with E-state index < -0.39 is 0 Å². The quantitative estimate of drug-likeness (QED) is 0.834. The summed E-state index contributed by atoms with van der Waals surface area (Å²) in [5, 5.41) is 3.43. The van der Waals surface area contributed by atoms with Crippen LogP contribution in [0.1, 0.15) is 55.6 Å². The van der Waals surface area contributed by atoms with Crippen LogP contribution in [0.15, 0.2) is 10.5 Å². The van der Waals surface area contributed by atoms with E-state index in [1.54, 1.807) is 0 Å². The van der Waals surface area contributed by atoms with Gasteiger partial charge in [-0.1, -0.05) is 0 Å². The Morgan fingerprint density at radius 1 is 1.05 bits per heavy atom. The van der Waals surface area contributed by atoms with E-state index in [4.69, 9.17) is 4.42 Å². The Morgan fingerprint density at radius 3 is 2.37 bits per heavy atom. The molecule has 0 unspecified atom stereocenters. The Bertz CT molecular complexity index is 457. The van der Waals surface area contributed by atoms with Crippen molar-refractivity contribution in [3.63, 3.8) is 0 Å². The first kappa shape index (κ1) is 11.0. The van der Waals surface area contributed by atoms with Gasteiger partial charge in [0.15, 0.2) is 0 Å². The SMILES string of the molecule is c1c(C23CC4CC(CC(C4)C2)C3)oc2c1CCNC2. The molecule has 0 amide bonds. The molecule has 2 heterocycles. The fourth-order valence-corrected chi connectivity index (χ4v) is 5.93. The molecule has 0 spiro atoms. The summed E-state index contributed by atoms with van der Waals surface area (Å²) in [6, 6.07) is 2.43. The van der Waals surface area contributed by atoms with Gasteiger partial charge in [0, 0.05) is 5.41 Å². The second kappa shape index (κ2) is 3.66. The molecular formula is C17H23NO. The van der Waals surface area contributed by atoms with Gasteiger partial charge in [0.1, 0.15) is 11.5 Å². The standard InChI is InChI=1S/C17H23NO/c1-2-18-10-15-14(1)6-16(19-15)17-7-11-3-12(8-17)5-13(4-11)9-17/h6,11-13,18H,1-5,7-10H2. The van der Waals surface area contributed by atoms with Gasteiger partial charge in [-0.3, -0.25) is 0 Å². The molecule has 4 bridgehead atoms. The lowest BCUT2D eigenvalue weighted by Crippen LogP contribution is -2.48. The van der Waals surface area contributed by atoms with Crippen molar-refractivity contribution in [2.24, 2.45) is 17.8 Å². The molecule has 0 atom stereocenters. The van der Waals surface area contributed by atoms with E-state index in [1.165, 1.54) is 55.6 Å². The molecule has 4 fully saturated rings. The molecule has 5 aliphatic rings. The highest BCUT2D eigenvalue weighted by atomic mass is 16.3. The van der Waals surface area contributed by atoms with Crippen LogP contribution in [0.4, 0.5) is 0 Å². The third kappa shape index (κ3) is 1.53. The zero-order valence-corrected chi connectivity index (χ0v) is 11.6. The van der Waals surface area contributed by atoms with Crippen LogP contribution in [-0.4, -0.2) is 6.54 Å². The summed E-state index contributed by atoms with van der Waals surface area (Å²) in [7, 11) is 0. The third-order valence-corrected chi connectivity index (χ3v) is 6.31. The predicted octanol–water partition coefficient (Wildman–Crippen LogP) is 3.39. The molecule has 1 aliphatic heterocycles. The second-order valence-corrected chi connectivity index (χ2v) is 7.68. The number of hydrogen-bond donors (Lipinski definition) is 1. The summed E-state index contributed by atoms with van der Waals surface area (Å²) in [5.41, 5.74) is 1.93. The summed E-state index contributed by atoms with van der Waals surface area (Å²) < 4.78 is 6.33. The van der Waals surface area contributed by atoms with E-state index in [9.17, 15) is 0 Å². The molecular weight excluding hydrogens is 234 g/mol. The lowest BCUT2D eigenvalue weighted by molar-refractivity contribution is -0.0156. The van der Waals surface area contributed by atoms with E-state index in [1.807, 2.05) is 0 Å². The molecule has 1 N–H and O–H groups in total. The fourth-order valence-electron chi connectivity index (χ4n) is 5.93. The Hall–Kier alpha value is -0.760. The highest BCUT2D eigenvalue weighted by molar-refractivity contribution is 5.30. The molecule has 19 heavy (non-hydrogen) atoms. The average Bonchev–Trinajstić information content (AvgIpc) is 2.81. The van der Waals surface area contributed by atoms with Crippen molar-refractivity contribution in [2.45, 2.75) is 56.9 Å². The number of hydrogen-bond acceptors (Lipinski definition) is 2. The van der Waals surface area contributed by atoms with E-state index in [0.29, 0.717) is 5.41 Å². The molecule has 2 nitrogen and oxygen atoms in total. The molecule has 4 saturated carbocycles. The van der Waals surface area contributed by atoms with Crippen molar-refractivity contribution in [2.75, 3.05) is 6.54 Å². The van der Waals surface area contributed by atoms with Crippen molar-refractivity contribution in [3.8, 4) is 0 Å². The maximum absolute atomic E-state index is 6.33. The summed E-state index contributed by atoms with van der Waals surface area (Å²) in [4.78, 5) is 0. The van der Waals surface area contributed by atoms with Gasteiger partial charge >= 0.3 is 0 Å². The van der Waals surface area contributed by atoms with Gasteiger partial charge in [-0.15, -0.1) is 0 Å². The molecule has 6 rings (SSSR count). The lowest BCUT2D eigenvalue weighted by atomic mass is 9.49. The molecule has 0 saturated heterocycles. The Balaban J connectivity index is 1.56. The van der Waals surface area contributed by atoms with Gasteiger partial charge in [0.05, 0.1) is 6.54 Å². The first-order valence-corrected chi connectivity index (χ1v) is 8.13. The molecule has 4 aliphatic carbocycles. The smallest absolute Gasteiger partial charge is 0.121 e. The minimum Gasteiger partial charge on any atom is -0.464 e. The van der Waals surface area contributed by atoms with Crippen LogP contribution in [0.25, 0.3) is 0 Å². The molecule has 2 heteroatoms. The van der Waals surface area contributed by atoms with Gasteiger partial charge in [0.2, 0.25) is 0 Å². The normalized spacial score (nSPS) is 43.5. The van der Waals surface area contributed by atoms with Gasteiger partial charge in [-0.05, 0) is 80.9 Å². The number of rotatable bonds is 1. The van der Waals surface area contributed by atoms with Crippen molar-refractivity contribution in [1.82, 2.24) is 5.32 Å². The molecule has 0 radical (unpaired) electrons. The van der Waals surface area contributed by atoms with Gasteiger partial charge in [-0.25, -0.2) is 0 Å². The molecule has 1 aromatic rings. The number of fused-ring (bicyclic) bond motifs is 1. The van der Waals surface area contributed by atoms with Crippen LogP contribution >= 0.6 is 0 Å². The largest absolute Gasteiger partial charge is 0.464 e. The molecule has 1 aromatic heterocycles. The van der Waals surface area contributed by atoms with Crippen molar-refractivity contribution < 1.29 is 4.42 Å². The molecule has 102 valence electrons. The van der Waals surface area contributed by atoms with Crippen LogP contribution < -0.4 is 5.32 Å². The Kier molecular flexibility index (Phi) is 2.11. The summed E-state index contributed by atoms with van der Waals surface area (Å²) in [6.07, 6.45) is 9.95. The second-order valence-electron chi connectivity index (χ2n) is 7.68. The number of furan rings is 1. The van der Waals surface area contributed by atoms with E-state index in [2.05, 4.69) is 11.4 Å².